The second kappa shape index (κ2) is 8.48. The summed E-state index contributed by atoms with van der Waals surface area (Å²) in [5.74, 6) is -2.78. The molecule has 5 rings (SSSR count). The fraction of sp³-hybridized carbons (Fsp3) is 0.185. The zero-order chi connectivity index (χ0) is 24.0. The zero-order valence-corrected chi connectivity index (χ0v) is 18.3. The number of carbonyl (C=O) groups excluding carboxylic acids is 2. The maximum absolute atomic E-state index is 14.4. The molecule has 2 unspecified atom stereocenters. The Morgan fingerprint density at radius 1 is 0.912 bits per heavy atom. The molecule has 1 N–H and O–H groups in total. The predicted octanol–water partition coefficient (Wildman–Crippen LogP) is 6.17. The van der Waals surface area contributed by atoms with E-state index in [9.17, 15) is 22.8 Å². The van der Waals surface area contributed by atoms with Crippen molar-refractivity contribution in [1.82, 2.24) is 0 Å². The number of hydrogen-bond donors (Lipinski definition) is 1. The molecule has 4 nitrogen and oxygen atoms in total. The van der Waals surface area contributed by atoms with E-state index in [1.54, 1.807) is 24.3 Å². The summed E-state index contributed by atoms with van der Waals surface area (Å²) in [6.07, 6.45) is 0.798. The van der Waals surface area contributed by atoms with Gasteiger partial charge in [0.25, 0.3) is 5.91 Å². The van der Waals surface area contributed by atoms with Gasteiger partial charge in [0, 0.05) is 29.3 Å². The Balaban J connectivity index is 1.80. The SMILES string of the molecule is CC1CC(=O)C2=C(C1)Nc1ccccc1N(C(=O)c1ccc(F)cc1)C2c1cc(F)cc(F)c1. The predicted molar refractivity (Wildman–Crippen MR) is 123 cm³/mol. The quantitative estimate of drug-likeness (QED) is 0.496. The van der Waals surface area contributed by atoms with Crippen molar-refractivity contribution in [1.29, 1.82) is 0 Å². The van der Waals surface area contributed by atoms with Gasteiger partial charge in [-0.25, -0.2) is 13.2 Å². The van der Waals surface area contributed by atoms with Gasteiger partial charge in [-0.3, -0.25) is 14.5 Å². The van der Waals surface area contributed by atoms with E-state index in [0.29, 0.717) is 29.1 Å². The third kappa shape index (κ3) is 3.87. The summed E-state index contributed by atoms with van der Waals surface area (Å²) in [5, 5.41) is 3.31. The van der Waals surface area contributed by atoms with Gasteiger partial charge in [0.15, 0.2) is 5.78 Å². The van der Waals surface area contributed by atoms with Crippen LogP contribution >= 0.6 is 0 Å². The second-order valence-electron chi connectivity index (χ2n) is 8.76. The lowest BCUT2D eigenvalue weighted by atomic mass is 9.81. The molecular formula is C27H21F3N2O2. The molecule has 1 aliphatic heterocycles. The molecular weight excluding hydrogens is 441 g/mol. The highest BCUT2D eigenvalue weighted by molar-refractivity contribution is 6.11. The Labute approximate surface area is 194 Å². The smallest absolute Gasteiger partial charge is 0.259 e. The molecule has 1 aliphatic carbocycles. The number of para-hydroxylation sites is 2. The van der Waals surface area contributed by atoms with Gasteiger partial charge in [-0.2, -0.15) is 0 Å². The summed E-state index contributed by atoms with van der Waals surface area (Å²) in [4.78, 5) is 28.6. The summed E-state index contributed by atoms with van der Waals surface area (Å²) < 4.78 is 42.3. The molecule has 34 heavy (non-hydrogen) atoms. The van der Waals surface area contributed by atoms with Crippen LogP contribution in [0, 0.1) is 23.4 Å². The number of nitrogens with one attached hydrogen (secondary N) is 1. The van der Waals surface area contributed by atoms with Gasteiger partial charge in [0.2, 0.25) is 0 Å². The molecule has 0 bridgehead atoms. The van der Waals surface area contributed by atoms with Gasteiger partial charge in [0.05, 0.1) is 17.4 Å². The van der Waals surface area contributed by atoms with Crippen LogP contribution < -0.4 is 10.2 Å². The third-order valence-corrected chi connectivity index (χ3v) is 6.20. The Morgan fingerprint density at radius 3 is 2.29 bits per heavy atom. The number of fused-ring (bicyclic) bond motifs is 1. The molecule has 0 saturated heterocycles. The minimum absolute atomic E-state index is 0.0650. The molecule has 1 amide bonds. The number of halogens is 3. The van der Waals surface area contributed by atoms with Gasteiger partial charge in [-0.15, -0.1) is 0 Å². The van der Waals surface area contributed by atoms with Crippen LogP contribution in [0.25, 0.3) is 0 Å². The number of amides is 1. The van der Waals surface area contributed by atoms with Crippen molar-refractivity contribution >= 4 is 23.1 Å². The molecule has 0 spiro atoms. The highest BCUT2D eigenvalue weighted by Crippen LogP contribution is 2.46. The van der Waals surface area contributed by atoms with Gasteiger partial charge < -0.3 is 5.32 Å². The van der Waals surface area contributed by atoms with E-state index < -0.39 is 29.4 Å². The Kier molecular flexibility index (Phi) is 5.48. The minimum atomic E-state index is -1.08. The fourth-order valence-corrected chi connectivity index (χ4v) is 4.79. The number of rotatable bonds is 2. The molecule has 3 aromatic rings. The van der Waals surface area contributed by atoms with Crippen LogP contribution in [0.2, 0.25) is 0 Å². The molecule has 0 radical (unpaired) electrons. The molecule has 2 aliphatic rings. The highest BCUT2D eigenvalue weighted by Gasteiger charge is 2.41. The van der Waals surface area contributed by atoms with Crippen molar-refractivity contribution < 1.29 is 22.8 Å². The first-order valence-electron chi connectivity index (χ1n) is 11.0. The number of carbonyl (C=O) groups is 2. The standard InChI is InChI=1S/C27H21F3N2O2/c1-15-10-22-25(24(33)11-15)26(17-12-19(29)14-20(30)13-17)32(23-5-3-2-4-21(23)31-22)27(34)16-6-8-18(28)9-7-16/h2-9,12-15,26,31H,10-11H2,1H3. The van der Waals surface area contributed by atoms with E-state index in [4.69, 9.17) is 0 Å². The largest absolute Gasteiger partial charge is 0.357 e. The topological polar surface area (TPSA) is 49.4 Å². The average molecular weight is 462 g/mol. The first-order valence-corrected chi connectivity index (χ1v) is 11.0. The molecule has 0 saturated carbocycles. The summed E-state index contributed by atoms with van der Waals surface area (Å²) >= 11 is 0. The first kappa shape index (κ1) is 21.9. The van der Waals surface area contributed by atoms with Gasteiger partial charge in [0.1, 0.15) is 17.5 Å². The summed E-state index contributed by atoms with van der Waals surface area (Å²) in [6.45, 7) is 1.96. The Morgan fingerprint density at radius 2 is 1.59 bits per heavy atom. The van der Waals surface area contributed by atoms with Crippen LogP contribution in [0.4, 0.5) is 24.5 Å². The number of anilines is 2. The average Bonchev–Trinajstić information content (AvgIpc) is 2.93. The maximum Gasteiger partial charge on any atom is 0.259 e. The van der Waals surface area contributed by atoms with Crippen LogP contribution in [0.3, 0.4) is 0 Å². The maximum atomic E-state index is 14.4. The van der Waals surface area contributed by atoms with E-state index in [2.05, 4.69) is 5.32 Å². The van der Waals surface area contributed by atoms with E-state index in [0.717, 1.165) is 18.2 Å². The fourth-order valence-electron chi connectivity index (χ4n) is 4.79. The van der Waals surface area contributed by atoms with Crippen molar-refractivity contribution in [2.45, 2.75) is 25.8 Å². The summed E-state index contributed by atoms with van der Waals surface area (Å²) in [5.41, 5.74) is 2.28. The number of nitrogens with zero attached hydrogens (tertiary/aromatic N) is 1. The van der Waals surface area contributed by atoms with Crippen molar-refractivity contribution in [2.75, 3.05) is 10.2 Å². The molecule has 3 aromatic carbocycles. The van der Waals surface area contributed by atoms with Crippen molar-refractivity contribution in [3.8, 4) is 0 Å². The van der Waals surface area contributed by atoms with Gasteiger partial charge >= 0.3 is 0 Å². The van der Waals surface area contributed by atoms with Gasteiger partial charge in [-0.05, 0) is 66.4 Å². The zero-order valence-electron chi connectivity index (χ0n) is 18.3. The van der Waals surface area contributed by atoms with Crippen molar-refractivity contribution in [2.24, 2.45) is 5.92 Å². The highest BCUT2D eigenvalue weighted by atomic mass is 19.1. The second-order valence-corrected chi connectivity index (χ2v) is 8.76. The lowest BCUT2D eigenvalue weighted by Crippen LogP contribution is -2.38. The minimum Gasteiger partial charge on any atom is -0.357 e. The van der Waals surface area contributed by atoms with E-state index in [1.807, 2.05) is 6.92 Å². The molecule has 1 heterocycles. The van der Waals surface area contributed by atoms with Crippen LogP contribution in [0.1, 0.15) is 41.7 Å². The summed E-state index contributed by atoms with van der Waals surface area (Å²) in [7, 11) is 0. The van der Waals surface area contributed by atoms with E-state index in [-0.39, 0.29) is 29.2 Å². The van der Waals surface area contributed by atoms with Crippen LogP contribution in [-0.2, 0) is 4.79 Å². The lowest BCUT2D eigenvalue weighted by molar-refractivity contribution is -0.117. The van der Waals surface area contributed by atoms with Crippen molar-refractivity contribution in [3.63, 3.8) is 0 Å². The summed E-state index contributed by atoms with van der Waals surface area (Å²) in [6, 6.07) is 14.0. The third-order valence-electron chi connectivity index (χ3n) is 6.20. The van der Waals surface area contributed by atoms with Crippen LogP contribution in [0.15, 0.2) is 78.0 Å². The molecule has 0 aromatic heterocycles. The molecule has 0 fully saturated rings. The number of Topliss-reactive ketones (excluding diaryl/α,β-unsaturated/α-hetero) is 1. The number of benzene rings is 3. The first-order chi connectivity index (χ1) is 16.3. The number of allylic oxidation sites excluding steroid dienone is 1. The van der Waals surface area contributed by atoms with Crippen molar-refractivity contribution in [3.05, 3.63) is 107 Å². The van der Waals surface area contributed by atoms with Crippen LogP contribution in [-0.4, -0.2) is 11.7 Å². The van der Waals surface area contributed by atoms with E-state index in [1.165, 1.54) is 29.2 Å². The number of ketones is 1. The van der Waals surface area contributed by atoms with Gasteiger partial charge in [-0.1, -0.05) is 19.1 Å². The molecule has 172 valence electrons. The normalized spacial score (nSPS) is 19.8. The lowest BCUT2D eigenvalue weighted by Gasteiger charge is -2.34. The Hall–Kier alpha value is -3.87. The Bertz CT molecular complexity index is 1310. The van der Waals surface area contributed by atoms with E-state index >= 15 is 0 Å². The van der Waals surface area contributed by atoms with Crippen LogP contribution in [0.5, 0.6) is 0 Å². The molecule has 7 heteroatoms. The number of hydrogen-bond acceptors (Lipinski definition) is 3. The monoisotopic (exact) mass is 462 g/mol. The molecule has 2 atom stereocenters.